The number of carbonyl (C=O) groups is 4. The first-order valence-corrected chi connectivity index (χ1v) is 15.9. The predicted molar refractivity (Wildman–Crippen MR) is 176 cm³/mol. The van der Waals surface area contributed by atoms with Gasteiger partial charge in [0, 0.05) is 33.8 Å². The van der Waals surface area contributed by atoms with E-state index in [2.05, 4.69) is 5.32 Å². The lowest BCUT2D eigenvalue weighted by Gasteiger charge is -2.34. The zero-order valence-electron chi connectivity index (χ0n) is 27.5. The largest absolute Gasteiger partial charge is 0.496 e. The van der Waals surface area contributed by atoms with Gasteiger partial charge < -0.3 is 29.0 Å². The molecule has 47 heavy (non-hydrogen) atoms. The molecule has 12 heteroatoms. The van der Waals surface area contributed by atoms with Crippen molar-refractivity contribution in [2.75, 3.05) is 26.2 Å². The fourth-order valence-electron chi connectivity index (χ4n) is 5.00. The topological polar surface area (TPSA) is 130 Å². The van der Waals surface area contributed by atoms with E-state index < -0.39 is 23.6 Å². The normalized spacial score (nSPS) is 11.9. The third-order valence-electron chi connectivity index (χ3n) is 7.14. The Morgan fingerprint density at radius 1 is 0.787 bits per heavy atom. The Labute approximate surface area is 278 Å². The third-order valence-corrected chi connectivity index (χ3v) is 8.46. The fourth-order valence-corrected chi connectivity index (χ4v) is 6.32. The van der Waals surface area contributed by atoms with Crippen LogP contribution in [0.3, 0.4) is 0 Å². The van der Waals surface area contributed by atoms with Crippen molar-refractivity contribution in [3.8, 4) is 11.5 Å². The average molecular weight is 665 g/mol. The van der Waals surface area contributed by atoms with Gasteiger partial charge in [-0.25, -0.2) is 4.79 Å². The van der Waals surface area contributed by atoms with E-state index in [0.717, 1.165) is 5.56 Å². The van der Waals surface area contributed by atoms with Crippen molar-refractivity contribution in [3.05, 3.63) is 71.3 Å². The van der Waals surface area contributed by atoms with E-state index in [4.69, 9.17) is 23.7 Å². The second kappa shape index (κ2) is 15.7. The molecule has 0 aromatic heterocycles. The monoisotopic (exact) mass is 664 g/mol. The van der Waals surface area contributed by atoms with Crippen molar-refractivity contribution in [3.63, 3.8) is 0 Å². The number of rotatable bonds is 12. The zero-order chi connectivity index (χ0) is 34.1. The van der Waals surface area contributed by atoms with E-state index in [1.165, 1.54) is 33.1 Å². The number of carbonyl (C=O) groups excluding carboxylic acids is 4. The van der Waals surface area contributed by atoms with Crippen LogP contribution in [0.25, 0.3) is 0 Å². The second-order valence-electron chi connectivity index (χ2n) is 11.6. The minimum Gasteiger partial charge on any atom is -0.496 e. The summed E-state index contributed by atoms with van der Waals surface area (Å²) in [7, 11) is 4.34. The van der Waals surface area contributed by atoms with Gasteiger partial charge in [0.25, 0.3) is 0 Å². The summed E-state index contributed by atoms with van der Waals surface area (Å²) in [6.45, 7) is 5.46. The lowest BCUT2D eigenvalue weighted by Crippen LogP contribution is -2.33. The Balaban J connectivity index is 1.76. The lowest BCUT2D eigenvalue weighted by atomic mass is 10.1. The summed E-state index contributed by atoms with van der Waals surface area (Å²) >= 11 is 1.34. The number of methoxy groups -OCH3 is 3. The third kappa shape index (κ3) is 8.97. The molecule has 2 amide bonds. The van der Waals surface area contributed by atoms with Gasteiger partial charge in [0.05, 0.1) is 45.7 Å². The molecule has 0 aliphatic carbocycles. The van der Waals surface area contributed by atoms with Crippen LogP contribution in [0.1, 0.15) is 56.7 Å². The maximum Gasteiger partial charge on any atom is 0.407 e. The summed E-state index contributed by atoms with van der Waals surface area (Å²) in [5.41, 5.74) is 2.42. The van der Waals surface area contributed by atoms with Crippen molar-refractivity contribution in [2.24, 2.45) is 0 Å². The Bertz CT molecular complexity index is 1620. The molecule has 1 heterocycles. The molecule has 0 radical (unpaired) electrons. The minimum atomic E-state index is -0.702. The molecule has 0 bridgehead atoms. The summed E-state index contributed by atoms with van der Waals surface area (Å²) < 4.78 is 27.2. The maximum absolute atomic E-state index is 13.9. The highest BCUT2D eigenvalue weighted by Gasteiger charge is 2.34. The van der Waals surface area contributed by atoms with Crippen LogP contribution in [0.15, 0.2) is 64.4 Å². The van der Waals surface area contributed by atoms with Crippen LogP contribution in [0.5, 0.6) is 11.5 Å². The van der Waals surface area contributed by atoms with E-state index >= 15 is 0 Å². The van der Waals surface area contributed by atoms with E-state index in [0.29, 0.717) is 43.8 Å². The number of nitrogens with one attached hydrogen (secondary N) is 1. The number of esters is 2. The predicted octanol–water partition coefficient (Wildman–Crippen LogP) is 6.49. The van der Waals surface area contributed by atoms with E-state index in [1.807, 2.05) is 30.3 Å². The SMILES string of the molecule is COC(=O)CCCC(=O)N1c2ccc(OC)c(CNC(=O)OC(C)(C)C)c2Sc2c1ccc(OC)c2CC(=O)OCc1ccccc1. The van der Waals surface area contributed by atoms with Crippen molar-refractivity contribution in [1.29, 1.82) is 0 Å². The van der Waals surface area contributed by atoms with Crippen molar-refractivity contribution >= 4 is 47.1 Å². The van der Waals surface area contributed by atoms with Crippen molar-refractivity contribution in [1.82, 2.24) is 5.32 Å². The number of hydrogen-bond donors (Lipinski definition) is 1. The highest BCUT2D eigenvalue weighted by molar-refractivity contribution is 7.99. The number of amides is 2. The Morgan fingerprint density at radius 2 is 1.40 bits per heavy atom. The molecule has 0 spiro atoms. The number of fused-ring (bicyclic) bond motifs is 2. The molecule has 0 unspecified atom stereocenters. The summed E-state index contributed by atoms with van der Waals surface area (Å²) in [6.07, 6.45) is -0.326. The van der Waals surface area contributed by atoms with Crippen LogP contribution < -0.4 is 19.7 Å². The molecule has 250 valence electrons. The van der Waals surface area contributed by atoms with Gasteiger partial charge in [0.2, 0.25) is 5.91 Å². The average Bonchev–Trinajstić information content (AvgIpc) is 3.04. The van der Waals surface area contributed by atoms with Crippen LogP contribution in [-0.4, -0.2) is 50.9 Å². The quantitative estimate of drug-likeness (QED) is 0.169. The van der Waals surface area contributed by atoms with Crippen LogP contribution in [0, 0.1) is 0 Å². The Morgan fingerprint density at radius 3 is 2.00 bits per heavy atom. The summed E-state index contributed by atoms with van der Waals surface area (Å²) in [6, 6.07) is 16.4. The van der Waals surface area contributed by atoms with Gasteiger partial charge >= 0.3 is 18.0 Å². The zero-order valence-corrected chi connectivity index (χ0v) is 28.3. The van der Waals surface area contributed by atoms with Gasteiger partial charge in [-0.3, -0.25) is 19.3 Å². The van der Waals surface area contributed by atoms with E-state index in [-0.39, 0.29) is 44.7 Å². The summed E-state index contributed by atoms with van der Waals surface area (Å²) in [5, 5.41) is 2.80. The standard InChI is InChI=1S/C35H40N2O9S/c1-35(2,3)46-34(41)36-20-24-28(43-5)18-16-26-33(24)47-32-23(19-31(40)45-21-22-11-8-7-9-12-22)27(42-4)17-15-25(32)37(26)29(38)13-10-14-30(39)44-6/h7-9,11-12,15-18H,10,13-14,19-21H2,1-6H3,(H,36,41). The fraction of sp³-hybridized carbons (Fsp3) is 0.371. The van der Waals surface area contributed by atoms with Gasteiger partial charge in [-0.05, 0) is 57.0 Å². The van der Waals surface area contributed by atoms with Gasteiger partial charge in [0.1, 0.15) is 23.7 Å². The Kier molecular flexibility index (Phi) is 11.8. The molecule has 0 saturated carbocycles. The van der Waals surface area contributed by atoms with Crippen molar-refractivity contribution < 1.29 is 42.9 Å². The highest BCUT2D eigenvalue weighted by atomic mass is 32.2. The molecule has 0 fully saturated rings. The molecule has 0 atom stereocenters. The second-order valence-corrected chi connectivity index (χ2v) is 12.6. The first-order valence-electron chi connectivity index (χ1n) is 15.1. The number of ether oxygens (including phenoxy) is 5. The Hall–Kier alpha value is -4.71. The maximum atomic E-state index is 13.9. The first kappa shape index (κ1) is 35.1. The van der Waals surface area contributed by atoms with Crippen LogP contribution in [-0.2, 0) is 48.2 Å². The molecular formula is C35H40N2O9S. The van der Waals surface area contributed by atoms with E-state index in [9.17, 15) is 19.2 Å². The molecular weight excluding hydrogens is 624 g/mol. The van der Waals surface area contributed by atoms with Crippen LogP contribution in [0.4, 0.5) is 16.2 Å². The summed E-state index contributed by atoms with van der Waals surface area (Å²) in [5.74, 6) is -0.212. The van der Waals surface area contributed by atoms with Gasteiger partial charge in [-0.2, -0.15) is 0 Å². The highest BCUT2D eigenvalue weighted by Crippen LogP contribution is 2.54. The molecule has 4 rings (SSSR count). The minimum absolute atomic E-state index is 0.0341. The van der Waals surface area contributed by atoms with Crippen LogP contribution in [0.2, 0.25) is 0 Å². The number of anilines is 2. The van der Waals surface area contributed by atoms with Gasteiger partial charge in [0.15, 0.2) is 0 Å². The lowest BCUT2D eigenvalue weighted by molar-refractivity contribution is -0.144. The van der Waals surface area contributed by atoms with Gasteiger partial charge in [-0.1, -0.05) is 42.1 Å². The molecule has 3 aromatic carbocycles. The summed E-state index contributed by atoms with van der Waals surface area (Å²) in [4.78, 5) is 54.4. The smallest absolute Gasteiger partial charge is 0.407 e. The number of hydrogen-bond acceptors (Lipinski definition) is 10. The molecule has 1 aliphatic heterocycles. The molecule has 0 saturated heterocycles. The van der Waals surface area contributed by atoms with E-state index in [1.54, 1.807) is 49.9 Å². The molecule has 3 aromatic rings. The number of nitrogens with zero attached hydrogens (tertiary/aromatic N) is 1. The molecule has 1 N–H and O–H groups in total. The molecule has 11 nitrogen and oxygen atoms in total. The molecule has 1 aliphatic rings. The number of benzene rings is 3. The first-order chi connectivity index (χ1) is 22.4. The van der Waals surface area contributed by atoms with Crippen molar-refractivity contribution in [2.45, 2.75) is 75.0 Å². The van der Waals surface area contributed by atoms with Gasteiger partial charge in [-0.15, -0.1) is 0 Å². The number of alkyl carbamates (subject to hydrolysis) is 1. The van der Waals surface area contributed by atoms with Crippen LogP contribution >= 0.6 is 11.8 Å².